The van der Waals surface area contributed by atoms with Gasteiger partial charge >= 0.3 is 0 Å². The second-order valence-electron chi connectivity index (χ2n) is 8.50. The number of aliphatic imine (C=N–C) groups is 1. The largest absolute Gasteiger partial charge is 0.356 e. The minimum absolute atomic E-state index is 0.558. The third-order valence-electron chi connectivity index (χ3n) is 6.37. The molecule has 2 unspecified atom stereocenters. The summed E-state index contributed by atoms with van der Waals surface area (Å²) in [6.45, 7) is 6.67. The minimum atomic E-state index is 0.558. The van der Waals surface area contributed by atoms with Crippen LogP contribution in [0.5, 0.6) is 0 Å². The minimum Gasteiger partial charge on any atom is -0.356 e. The molecule has 6 heteroatoms. The van der Waals surface area contributed by atoms with Gasteiger partial charge in [-0.05, 0) is 42.9 Å². The lowest BCUT2D eigenvalue weighted by molar-refractivity contribution is 0.327. The quantitative estimate of drug-likeness (QED) is 0.604. The number of rotatable bonds is 6. The van der Waals surface area contributed by atoms with Crippen LogP contribution in [0.3, 0.4) is 0 Å². The average molecular weight is 395 g/mol. The van der Waals surface area contributed by atoms with Crippen molar-refractivity contribution in [3.05, 3.63) is 53.9 Å². The van der Waals surface area contributed by atoms with Crippen LogP contribution in [0.4, 0.5) is 0 Å². The van der Waals surface area contributed by atoms with E-state index in [-0.39, 0.29) is 0 Å². The Kier molecular flexibility index (Phi) is 6.49. The highest BCUT2D eigenvalue weighted by molar-refractivity contribution is 5.80. The van der Waals surface area contributed by atoms with Gasteiger partial charge in [0.05, 0.1) is 6.20 Å². The maximum absolute atomic E-state index is 4.56. The van der Waals surface area contributed by atoms with Crippen molar-refractivity contribution in [3.8, 4) is 0 Å². The Bertz CT molecular complexity index is 799. The molecule has 0 amide bonds. The third-order valence-corrected chi connectivity index (χ3v) is 6.37. The van der Waals surface area contributed by atoms with Gasteiger partial charge in [-0.3, -0.25) is 9.67 Å². The Morgan fingerprint density at radius 2 is 2.03 bits per heavy atom. The first-order chi connectivity index (χ1) is 14.2. The second kappa shape index (κ2) is 9.44. The van der Waals surface area contributed by atoms with Crippen molar-refractivity contribution in [1.29, 1.82) is 0 Å². The fourth-order valence-corrected chi connectivity index (χ4v) is 4.66. The van der Waals surface area contributed by atoms with Crippen molar-refractivity contribution in [2.75, 3.05) is 46.3 Å². The summed E-state index contributed by atoms with van der Waals surface area (Å²) < 4.78 is 1.90. The molecule has 29 heavy (non-hydrogen) atoms. The van der Waals surface area contributed by atoms with Crippen LogP contribution in [0.1, 0.15) is 29.9 Å². The zero-order valence-corrected chi connectivity index (χ0v) is 17.8. The first-order valence-electron chi connectivity index (χ1n) is 10.9. The topological polar surface area (TPSA) is 48.7 Å². The molecule has 1 N–H and O–H groups in total. The summed E-state index contributed by atoms with van der Waals surface area (Å²) in [5.41, 5.74) is 2.78. The van der Waals surface area contributed by atoms with Crippen LogP contribution in [0.15, 0.2) is 47.7 Å². The van der Waals surface area contributed by atoms with Crippen molar-refractivity contribution in [2.24, 2.45) is 18.0 Å². The van der Waals surface area contributed by atoms with Crippen molar-refractivity contribution < 1.29 is 0 Å². The molecule has 2 fully saturated rings. The van der Waals surface area contributed by atoms with Crippen LogP contribution in [0.2, 0.25) is 0 Å². The average Bonchev–Trinajstić information content (AvgIpc) is 3.49. The van der Waals surface area contributed by atoms with E-state index in [1.165, 1.54) is 37.1 Å². The second-order valence-corrected chi connectivity index (χ2v) is 8.50. The maximum atomic E-state index is 4.56. The van der Waals surface area contributed by atoms with Gasteiger partial charge in [0.2, 0.25) is 0 Å². The van der Waals surface area contributed by atoms with Gasteiger partial charge in [0.25, 0.3) is 0 Å². The van der Waals surface area contributed by atoms with Gasteiger partial charge in [-0.2, -0.15) is 5.10 Å². The van der Waals surface area contributed by atoms with E-state index in [1.807, 2.05) is 25.0 Å². The van der Waals surface area contributed by atoms with Crippen LogP contribution in [-0.2, 0) is 13.5 Å². The molecule has 156 valence electrons. The van der Waals surface area contributed by atoms with Crippen molar-refractivity contribution in [1.82, 2.24) is 24.9 Å². The van der Waals surface area contributed by atoms with E-state index < -0.39 is 0 Å². The standard InChI is InChI=1S/C23H34N6/c1-24-23(29-13-10-21(18-29)22-15-26-27(2)17-22)25-14-20-9-12-28(16-20)11-8-19-6-4-3-5-7-19/h3-7,15,17,20-21H,8-14,16,18H2,1-2H3,(H,24,25). The third kappa shape index (κ3) is 5.18. The van der Waals surface area contributed by atoms with Gasteiger partial charge in [-0.15, -0.1) is 0 Å². The summed E-state index contributed by atoms with van der Waals surface area (Å²) in [6.07, 6.45) is 7.74. The molecule has 2 atom stereocenters. The van der Waals surface area contributed by atoms with E-state index in [1.54, 1.807) is 0 Å². The molecule has 0 radical (unpaired) electrons. The molecule has 4 rings (SSSR count). The van der Waals surface area contributed by atoms with Gasteiger partial charge in [-0.1, -0.05) is 30.3 Å². The van der Waals surface area contributed by atoms with E-state index in [0.717, 1.165) is 38.6 Å². The van der Waals surface area contributed by atoms with Gasteiger partial charge < -0.3 is 15.1 Å². The zero-order chi connectivity index (χ0) is 20.1. The number of nitrogens with one attached hydrogen (secondary N) is 1. The summed E-state index contributed by atoms with van der Waals surface area (Å²) in [5.74, 6) is 2.32. The number of aryl methyl sites for hydroxylation is 1. The van der Waals surface area contributed by atoms with E-state index in [4.69, 9.17) is 0 Å². The monoisotopic (exact) mass is 394 g/mol. The smallest absolute Gasteiger partial charge is 0.193 e. The van der Waals surface area contributed by atoms with E-state index in [9.17, 15) is 0 Å². The molecule has 0 aliphatic carbocycles. The number of nitrogens with zero attached hydrogens (tertiary/aromatic N) is 5. The molecule has 1 aromatic heterocycles. The SMILES string of the molecule is CN=C(NCC1CCN(CCc2ccccc2)C1)N1CCC(c2cnn(C)c2)C1. The molecule has 2 saturated heterocycles. The van der Waals surface area contributed by atoms with Crippen LogP contribution in [-0.4, -0.2) is 71.9 Å². The molecule has 1 aromatic carbocycles. The lowest BCUT2D eigenvalue weighted by atomic mass is 10.0. The molecular formula is C23H34N6. The highest BCUT2D eigenvalue weighted by Crippen LogP contribution is 2.26. The van der Waals surface area contributed by atoms with Crippen molar-refractivity contribution in [2.45, 2.75) is 25.2 Å². The Hall–Kier alpha value is -2.34. The Morgan fingerprint density at radius 3 is 2.79 bits per heavy atom. The summed E-state index contributed by atoms with van der Waals surface area (Å²) >= 11 is 0. The normalized spacial score (nSPS) is 23.1. The number of hydrogen-bond acceptors (Lipinski definition) is 3. The number of guanidine groups is 1. The summed E-state index contributed by atoms with van der Waals surface area (Å²) in [7, 11) is 3.89. The molecular weight excluding hydrogens is 360 g/mol. The fraction of sp³-hybridized carbons (Fsp3) is 0.565. The lowest BCUT2D eigenvalue weighted by Crippen LogP contribution is -2.42. The van der Waals surface area contributed by atoms with E-state index in [0.29, 0.717) is 11.8 Å². The molecule has 0 bridgehead atoms. The molecule has 3 heterocycles. The Balaban J connectivity index is 1.20. The van der Waals surface area contributed by atoms with Crippen molar-refractivity contribution >= 4 is 5.96 Å². The van der Waals surface area contributed by atoms with Gasteiger partial charge in [-0.25, -0.2) is 0 Å². The Morgan fingerprint density at radius 1 is 1.17 bits per heavy atom. The zero-order valence-electron chi connectivity index (χ0n) is 17.8. The first-order valence-corrected chi connectivity index (χ1v) is 10.9. The molecule has 6 nitrogen and oxygen atoms in total. The highest BCUT2D eigenvalue weighted by Gasteiger charge is 2.28. The first kappa shape index (κ1) is 20.0. The predicted molar refractivity (Wildman–Crippen MR) is 118 cm³/mol. The molecule has 2 aliphatic heterocycles. The van der Waals surface area contributed by atoms with Crippen LogP contribution >= 0.6 is 0 Å². The van der Waals surface area contributed by atoms with Crippen LogP contribution < -0.4 is 5.32 Å². The maximum Gasteiger partial charge on any atom is 0.193 e. The van der Waals surface area contributed by atoms with Gasteiger partial charge in [0, 0.05) is 58.9 Å². The summed E-state index contributed by atoms with van der Waals surface area (Å²) in [4.78, 5) is 9.57. The van der Waals surface area contributed by atoms with Crippen LogP contribution in [0, 0.1) is 5.92 Å². The van der Waals surface area contributed by atoms with Crippen LogP contribution in [0.25, 0.3) is 0 Å². The molecule has 0 spiro atoms. The molecule has 2 aliphatic rings. The molecule has 0 saturated carbocycles. The van der Waals surface area contributed by atoms with Crippen molar-refractivity contribution in [3.63, 3.8) is 0 Å². The Labute approximate surface area is 174 Å². The predicted octanol–water partition coefficient (Wildman–Crippen LogP) is 2.35. The fourth-order valence-electron chi connectivity index (χ4n) is 4.66. The summed E-state index contributed by atoms with van der Waals surface area (Å²) in [6, 6.07) is 10.8. The molecule has 2 aromatic rings. The highest BCUT2D eigenvalue weighted by atomic mass is 15.3. The summed E-state index contributed by atoms with van der Waals surface area (Å²) in [5, 5.41) is 7.98. The van der Waals surface area contributed by atoms with Gasteiger partial charge in [0.15, 0.2) is 5.96 Å². The number of likely N-dealkylation sites (tertiary alicyclic amines) is 2. The lowest BCUT2D eigenvalue weighted by Gasteiger charge is -2.23. The van der Waals surface area contributed by atoms with Gasteiger partial charge in [0.1, 0.15) is 0 Å². The number of aromatic nitrogens is 2. The number of benzene rings is 1. The van der Waals surface area contributed by atoms with E-state index >= 15 is 0 Å². The van der Waals surface area contributed by atoms with E-state index in [2.05, 4.69) is 61.7 Å². The number of hydrogen-bond donors (Lipinski definition) is 1.